The molecule has 160 valence electrons. The van der Waals surface area contributed by atoms with Crippen molar-refractivity contribution in [2.45, 2.75) is 24.7 Å². The van der Waals surface area contributed by atoms with Crippen LogP contribution in [0.5, 0.6) is 0 Å². The minimum Gasteiger partial charge on any atom is -0.595 e. The number of para-hydroxylation sites is 2. The molecular formula is C26H22N2O4. The van der Waals surface area contributed by atoms with Crippen molar-refractivity contribution >= 4 is 23.2 Å². The van der Waals surface area contributed by atoms with E-state index in [-0.39, 0.29) is 29.1 Å². The van der Waals surface area contributed by atoms with E-state index < -0.39 is 22.5 Å². The number of quaternary nitrogens is 1. The Labute approximate surface area is 185 Å². The average Bonchev–Trinajstić information content (AvgIpc) is 3.09. The fourth-order valence-electron chi connectivity index (χ4n) is 6.62. The van der Waals surface area contributed by atoms with Gasteiger partial charge in [0.05, 0.1) is 11.8 Å². The van der Waals surface area contributed by atoms with Gasteiger partial charge in [-0.05, 0) is 34.7 Å². The second-order valence-corrected chi connectivity index (χ2v) is 8.81. The molecule has 0 aromatic heterocycles. The number of amides is 2. The van der Waals surface area contributed by atoms with Gasteiger partial charge < -0.3 is 5.21 Å². The molecule has 0 radical (unpaired) electrons. The molecule has 3 aromatic carbocycles. The lowest BCUT2D eigenvalue weighted by molar-refractivity contribution is -0.990. The van der Waals surface area contributed by atoms with Crippen LogP contribution in [0.2, 0.25) is 0 Å². The maximum absolute atomic E-state index is 14.0. The van der Waals surface area contributed by atoms with Crippen LogP contribution in [0.4, 0.5) is 11.4 Å². The summed E-state index contributed by atoms with van der Waals surface area (Å²) >= 11 is 0. The fraction of sp³-hybridized carbons (Fsp3) is 0.231. The molecule has 0 spiro atoms. The van der Waals surface area contributed by atoms with E-state index in [9.17, 15) is 20.0 Å². The van der Waals surface area contributed by atoms with Crippen molar-refractivity contribution in [3.05, 3.63) is 100 Å². The summed E-state index contributed by atoms with van der Waals surface area (Å²) in [4.78, 5) is 29.1. The van der Waals surface area contributed by atoms with E-state index in [1.807, 2.05) is 24.3 Å². The number of imide groups is 1. The van der Waals surface area contributed by atoms with Crippen LogP contribution >= 0.6 is 0 Å². The van der Waals surface area contributed by atoms with Gasteiger partial charge in [0.25, 0.3) is 0 Å². The molecule has 2 bridgehead atoms. The highest BCUT2D eigenvalue weighted by molar-refractivity contribution is 6.24. The molecule has 6 heteroatoms. The molecule has 1 heterocycles. The lowest BCUT2D eigenvalue weighted by Gasteiger charge is -2.54. The summed E-state index contributed by atoms with van der Waals surface area (Å²) in [6, 6.07) is 22.5. The zero-order valence-electron chi connectivity index (χ0n) is 17.5. The molecule has 1 unspecified atom stereocenters. The van der Waals surface area contributed by atoms with E-state index in [0.29, 0.717) is 6.42 Å². The van der Waals surface area contributed by atoms with Crippen LogP contribution in [0.15, 0.2) is 72.8 Å². The Hall–Kier alpha value is -3.32. The maximum atomic E-state index is 14.0. The normalized spacial score (nSPS) is 28.3. The quantitative estimate of drug-likeness (QED) is 0.498. The predicted molar refractivity (Wildman–Crippen MR) is 117 cm³/mol. The molecule has 1 aliphatic heterocycles. The Balaban J connectivity index is 1.63. The largest absolute Gasteiger partial charge is 0.595 e. The Kier molecular flexibility index (Phi) is 3.99. The third-order valence-electron chi connectivity index (χ3n) is 7.73. The molecule has 1 saturated heterocycles. The van der Waals surface area contributed by atoms with Crippen LogP contribution in [0.1, 0.15) is 41.5 Å². The van der Waals surface area contributed by atoms with E-state index in [4.69, 9.17) is 0 Å². The summed E-state index contributed by atoms with van der Waals surface area (Å²) in [6.45, 7) is 2.07. The summed E-state index contributed by atoms with van der Waals surface area (Å²) in [5.41, 5.74) is 3.92. The molecule has 4 aliphatic rings. The summed E-state index contributed by atoms with van der Waals surface area (Å²) < 4.78 is 0. The van der Waals surface area contributed by atoms with Gasteiger partial charge in [0, 0.05) is 17.4 Å². The van der Waals surface area contributed by atoms with Gasteiger partial charge in [-0.1, -0.05) is 67.6 Å². The van der Waals surface area contributed by atoms with Crippen LogP contribution in [0, 0.1) is 17.0 Å². The van der Waals surface area contributed by atoms with Crippen LogP contribution < -0.4 is 10.1 Å². The summed E-state index contributed by atoms with van der Waals surface area (Å²) in [7, 11) is 0. The molecule has 2 N–H and O–H groups in total. The van der Waals surface area contributed by atoms with Crippen molar-refractivity contribution < 1.29 is 20.0 Å². The highest BCUT2D eigenvalue weighted by atomic mass is 16.8. The van der Waals surface area contributed by atoms with E-state index in [1.54, 1.807) is 18.2 Å². The lowest BCUT2D eigenvalue weighted by atomic mass is 9.46. The SMILES string of the molecule is CCC12c3ccccc3C(c3ccccc31)[C@H]1C(=O)N(c3ccccc3[NH+]([O-])O)C(=O)[C@H]12. The third kappa shape index (κ3) is 2.14. The molecule has 0 saturated carbocycles. The lowest BCUT2D eigenvalue weighted by Crippen LogP contribution is -2.99. The molecule has 1 fully saturated rings. The number of nitrogens with zero attached hydrogens (tertiary/aromatic N) is 1. The molecule has 32 heavy (non-hydrogen) atoms. The third-order valence-corrected chi connectivity index (χ3v) is 7.73. The molecular weight excluding hydrogens is 404 g/mol. The van der Waals surface area contributed by atoms with Crippen molar-refractivity contribution in [3.63, 3.8) is 0 Å². The first-order valence-electron chi connectivity index (χ1n) is 10.9. The second-order valence-electron chi connectivity index (χ2n) is 8.81. The zero-order chi connectivity index (χ0) is 22.2. The standard InChI is InChI=1S/C26H22N2O4/c1-2-26-17-11-5-3-9-15(17)21(16-10-4-6-12-18(16)26)22-23(26)25(30)27(24(22)29)19-13-7-8-14-20(19)28(31)32/h3-14,21-23,28,31H,2H2,1H3/t21?,22-,23+,26?/m1/s1. The van der Waals surface area contributed by atoms with Crippen molar-refractivity contribution in [2.24, 2.45) is 11.8 Å². The van der Waals surface area contributed by atoms with Crippen molar-refractivity contribution in [1.82, 2.24) is 0 Å². The molecule has 3 aromatic rings. The van der Waals surface area contributed by atoms with Gasteiger partial charge in [-0.15, -0.1) is 0 Å². The number of hydrogen-bond donors (Lipinski definition) is 2. The van der Waals surface area contributed by atoms with E-state index >= 15 is 0 Å². The smallest absolute Gasteiger partial charge is 0.239 e. The number of hydrogen-bond acceptors (Lipinski definition) is 4. The first-order chi connectivity index (χ1) is 15.5. The van der Waals surface area contributed by atoms with Crippen LogP contribution in [0.3, 0.4) is 0 Å². The van der Waals surface area contributed by atoms with Crippen LogP contribution in [0.25, 0.3) is 0 Å². The first-order valence-corrected chi connectivity index (χ1v) is 10.9. The number of carbonyl (C=O) groups excluding carboxylic acids is 2. The van der Waals surface area contributed by atoms with E-state index in [0.717, 1.165) is 27.2 Å². The minimum absolute atomic E-state index is 0.0410. The van der Waals surface area contributed by atoms with Gasteiger partial charge >= 0.3 is 0 Å². The Morgan fingerprint density at radius 1 is 0.906 bits per heavy atom. The van der Waals surface area contributed by atoms with Crippen LogP contribution in [-0.2, 0) is 15.0 Å². The predicted octanol–water partition coefficient (Wildman–Crippen LogP) is 3.05. The summed E-state index contributed by atoms with van der Waals surface area (Å²) in [5.74, 6) is -1.94. The number of carbonyl (C=O) groups is 2. The topological polar surface area (TPSA) is 85.1 Å². The van der Waals surface area contributed by atoms with Gasteiger partial charge in [-0.25, -0.2) is 10.1 Å². The van der Waals surface area contributed by atoms with Gasteiger partial charge in [-0.3, -0.25) is 9.59 Å². The monoisotopic (exact) mass is 426 g/mol. The summed E-state index contributed by atoms with van der Waals surface area (Å²) in [6.07, 6.45) is 0.669. The highest BCUT2D eigenvalue weighted by Gasteiger charge is 2.67. The molecule has 6 nitrogen and oxygen atoms in total. The Morgan fingerprint density at radius 2 is 1.47 bits per heavy atom. The Morgan fingerprint density at radius 3 is 2.06 bits per heavy atom. The molecule has 3 atom stereocenters. The first kappa shape index (κ1) is 19.4. The van der Waals surface area contributed by atoms with E-state index in [2.05, 4.69) is 31.2 Å². The van der Waals surface area contributed by atoms with Gasteiger partial charge in [-0.2, -0.15) is 5.23 Å². The number of anilines is 1. The second kappa shape index (κ2) is 6.59. The van der Waals surface area contributed by atoms with Crippen molar-refractivity contribution in [1.29, 1.82) is 0 Å². The van der Waals surface area contributed by atoms with Crippen LogP contribution in [-0.4, -0.2) is 17.0 Å². The van der Waals surface area contributed by atoms with Gasteiger partial charge in [0.2, 0.25) is 11.8 Å². The number of nitrogens with one attached hydrogen (secondary N) is 1. The number of rotatable bonds is 3. The highest BCUT2D eigenvalue weighted by Crippen LogP contribution is 2.65. The Bertz CT molecular complexity index is 1240. The van der Waals surface area contributed by atoms with Gasteiger partial charge in [0.1, 0.15) is 5.69 Å². The van der Waals surface area contributed by atoms with Crippen molar-refractivity contribution in [3.8, 4) is 0 Å². The molecule has 2 amide bonds. The zero-order valence-corrected chi connectivity index (χ0v) is 17.5. The fourth-order valence-corrected chi connectivity index (χ4v) is 6.62. The van der Waals surface area contributed by atoms with Crippen molar-refractivity contribution in [2.75, 3.05) is 4.90 Å². The molecule has 7 rings (SSSR count). The minimum atomic E-state index is -1.16. The van der Waals surface area contributed by atoms with Gasteiger partial charge in [0.15, 0.2) is 5.69 Å². The maximum Gasteiger partial charge on any atom is 0.239 e. The average molecular weight is 426 g/mol. The molecule has 3 aliphatic carbocycles. The number of benzene rings is 3. The van der Waals surface area contributed by atoms with E-state index in [1.165, 1.54) is 6.07 Å². The summed E-state index contributed by atoms with van der Waals surface area (Å²) in [5, 5.41) is 20.4.